The van der Waals surface area contributed by atoms with Crippen LogP contribution >= 0.6 is 0 Å². The highest BCUT2D eigenvalue weighted by molar-refractivity contribution is 6.04. The molecule has 1 N–H and O–H groups in total. The molecular formula is C35H35FN4O2. The fourth-order valence-electron chi connectivity index (χ4n) is 6.10. The molecule has 0 aliphatic carbocycles. The van der Waals surface area contributed by atoms with Crippen molar-refractivity contribution in [2.45, 2.75) is 32.2 Å². The summed E-state index contributed by atoms with van der Waals surface area (Å²) in [5.74, 6) is 0.0462. The van der Waals surface area contributed by atoms with E-state index in [0.29, 0.717) is 29.3 Å². The molecule has 1 saturated heterocycles. The van der Waals surface area contributed by atoms with E-state index >= 15 is 0 Å². The highest BCUT2D eigenvalue weighted by Crippen LogP contribution is 2.37. The molecule has 3 heterocycles. The van der Waals surface area contributed by atoms with Crippen molar-refractivity contribution < 1.29 is 14.0 Å². The molecule has 0 saturated carbocycles. The molecule has 214 valence electrons. The van der Waals surface area contributed by atoms with E-state index in [-0.39, 0.29) is 30.6 Å². The highest BCUT2D eigenvalue weighted by Gasteiger charge is 2.28. The fourth-order valence-corrected chi connectivity index (χ4v) is 6.10. The van der Waals surface area contributed by atoms with Crippen LogP contribution < -0.4 is 10.2 Å². The number of aromatic nitrogens is 1. The van der Waals surface area contributed by atoms with E-state index in [1.54, 1.807) is 35.4 Å². The molecule has 0 radical (unpaired) electrons. The zero-order valence-corrected chi connectivity index (χ0v) is 23.6. The zero-order valence-electron chi connectivity index (χ0n) is 23.6. The number of nitrogens with one attached hydrogen (secondary N) is 1. The Balaban J connectivity index is 1.13. The van der Waals surface area contributed by atoms with Gasteiger partial charge in [-0.05, 0) is 91.4 Å². The van der Waals surface area contributed by atoms with E-state index in [0.717, 1.165) is 42.9 Å². The third-order valence-electron chi connectivity index (χ3n) is 8.36. The molecule has 2 amide bonds. The van der Waals surface area contributed by atoms with Crippen molar-refractivity contribution >= 4 is 17.5 Å². The van der Waals surface area contributed by atoms with Gasteiger partial charge in [-0.3, -0.25) is 14.6 Å². The van der Waals surface area contributed by atoms with Crippen molar-refractivity contribution in [3.05, 3.63) is 119 Å². The Morgan fingerprint density at radius 1 is 0.929 bits per heavy atom. The number of likely N-dealkylation sites (tertiary alicyclic amines) is 1. The van der Waals surface area contributed by atoms with Crippen molar-refractivity contribution in [2.75, 3.05) is 31.1 Å². The maximum absolute atomic E-state index is 14.0. The van der Waals surface area contributed by atoms with Crippen LogP contribution in [0, 0.1) is 11.7 Å². The number of benzene rings is 3. The van der Waals surface area contributed by atoms with E-state index < -0.39 is 0 Å². The number of rotatable bonds is 8. The van der Waals surface area contributed by atoms with Gasteiger partial charge in [-0.25, -0.2) is 4.39 Å². The Morgan fingerprint density at radius 2 is 1.74 bits per heavy atom. The summed E-state index contributed by atoms with van der Waals surface area (Å²) >= 11 is 0. The van der Waals surface area contributed by atoms with Gasteiger partial charge in [0.2, 0.25) is 5.91 Å². The third kappa shape index (κ3) is 6.42. The van der Waals surface area contributed by atoms with Crippen molar-refractivity contribution in [2.24, 2.45) is 5.92 Å². The molecule has 0 bridgehead atoms. The minimum absolute atomic E-state index is 0.125. The molecule has 1 aromatic heterocycles. The van der Waals surface area contributed by atoms with Crippen molar-refractivity contribution in [1.29, 1.82) is 0 Å². The second-order valence-electron chi connectivity index (χ2n) is 11.3. The van der Waals surface area contributed by atoms with Crippen LogP contribution in [0.4, 0.5) is 10.1 Å². The molecule has 2 aliphatic rings. The molecule has 0 atom stereocenters. The van der Waals surface area contributed by atoms with Gasteiger partial charge in [0.1, 0.15) is 5.82 Å². The molecule has 6 rings (SSSR count). The summed E-state index contributed by atoms with van der Waals surface area (Å²) < 4.78 is 14.0. The SMILES string of the molecule is O=C(NCCN1CCC(Cc2ccccc2)CC1)c1ccc2c(c1)N(Cc1cccc(F)c1)C(=O)Cc1cccnc1-2. The summed E-state index contributed by atoms with van der Waals surface area (Å²) in [5.41, 5.74) is 5.50. The van der Waals surface area contributed by atoms with Crippen LogP contribution in [0.25, 0.3) is 11.3 Å². The summed E-state index contributed by atoms with van der Waals surface area (Å²) in [6, 6.07) is 26.1. The lowest BCUT2D eigenvalue weighted by Gasteiger charge is -2.32. The van der Waals surface area contributed by atoms with Gasteiger partial charge in [0, 0.05) is 30.4 Å². The van der Waals surface area contributed by atoms with Gasteiger partial charge in [0.25, 0.3) is 5.91 Å². The lowest BCUT2D eigenvalue weighted by molar-refractivity contribution is -0.118. The van der Waals surface area contributed by atoms with E-state index in [4.69, 9.17) is 0 Å². The Hall–Kier alpha value is -4.36. The zero-order chi connectivity index (χ0) is 28.9. The third-order valence-corrected chi connectivity index (χ3v) is 8.36. The fraction of sp³-hybridized carbons (Fsp3) is 0.286. The molecule has 3 aromatic carbocycles. The molecule has 2 aliphatic heterocycles. The van der Waals surface area contributed by atoms with E-state index in [9.17, 15) is 14.0 Å². The smallest absolute Gasteiger partial charge is 0.251 e. The van der Waals surface area contributed by atoms with Gasteiger partial charge >= 0.3 is 0 Å². The van der Waals surface area contributed by atoms with Gasteiger partial charge in [-0.1, -0.05) is 48.5 Å². The second kappa shape index (κ2) is 12.7. The number of carbonyl (C=O) groups is 2. The number of fused-ring (bicyclic) bond motifs is 3. The Kier molecular flexibility index (Phi) is 8.38. The van der Waals surface area contributed by atoms with Crippen LogP contribution in [0.15, 0.2) is 91.1 Å². The molecule has 42 heavy (non-hydrogen) atoms. The molecule has 1 fully saturated rings. The average molecular weight is 563 g/mol. The van der Waals surface area contributed by atoms with Crippen LogP contribution in [0.5, 0.6) is 0 Å². The van der Waals surface area contributed by atoms with Crippen LogP contribution in [-0.2, 0) is 24.2 Å². The number of hydrogen-bond acceptors (Lipinski definition) is 4. The Bertz CT molecular complexity index is 1570. The number of piperidine rings is 1. The molecular weight excluding hydrogens is 527 g/mol. The standard InChI is InChI=1S/C35H35FN4O2/c36-30-10-4-8-27(21-30)24-40-32-22-29(11-12-31(32)34-28(23-33(40)41)9-5-15-37-34)35(42)38-16-19-39-17-13-26(14-18-39)20-25-6-2-1-3-7-25/h1-12,15,21-22,26H,13-14,16-20,23-24H2,(H,38,42). The van der Waals surface area contributed by atoms with E-state index in [2.05, 4.69) is 45.5 Å². The van der Waals surface area contributed by atoms with Gasteiger partial charge in [-0.2, -0.15) is 0 Å². The Labute approximate surface area is 246 Å². The van der Waals surface area contributed by atoms with Crippen molar-refractivity contribution in [3.63, 3.8) is 0 Å². The molecule has 0 spiro atoms. The van der Waals surface area contributed by atoms with Crippen LogP contribution in [0.2, 0.25) is 0 Å². The van der Waals surface area contributed by atoms with E-state index in [1.165, 1.54) is 30.5 Å². The van der Waals surface area contributed by atoms with Crippen LogP contribution in [0.1, 0.15) is 39.9 Å². The minimum Gasteiger partial charge on any atom is -0.351 e. The highest BCUT2D eigenvalue weighted by atomic mass is 19.1. The first kappa shape index (κ1) is 27.8. The number of nitrogens with zero attached hydrogens (tertiary/aromatic N) is 3. The van der Waals surface area contributed by atoms with Crippen LogP contribution in [-0.4, -0.2) is 47.9 Å². The Morgan fingerprint density at radius 3 is 2.55 bits per heavy atom. The van der Waals surface area contributed by atoms with Gasteiger partial charge in [0.05, 0.1) is 24.3 Å². The first-order chi connectivity index (χ1) is 20.5. The molecule has 7 heteroatoms. The first-order valence-corrected chi connectivity index (χ1v) is 14.7. The molecule has 4 aromatic rings. The quantitative estimate of drug-likeness (QED) is 0.301. The number of hydrogen-bond donors (Lipinski definition) is 1. The number of pyridine rings is 1. The largest absolute Gasteiger partial charge is 0.351 e. The lowest BCUT2D eigenvalue weighted by atomic mass is 9.90. The maximum atomic E-state index is 14.0. The monoisotopic (exact) mass is 562 g/mol. The summed E-state index contributed by atoms with van der Waals surface area (Å²) in [4.78, 5) is 35.4. The number of halogens is 1. The van der Waals surface area contributed by atoms with Crippen molar-refractivity contribution in [1.82, 2.24) is 15.2 Å². The maximum Gasteiger partial charge on any atom is 0.251 e. The molecule has 0 unspecified atom stereocenters. The number of anilines is 1. The predicted molar refractivity (Wildman–Crippen MR) is 163 cm³/mol. The predicted octanol–water partition coefficient (Wildman–Crippen LogP) is 5.66. The molecule has 6 nitrogen and oxygen atoms in total. The summed E-state index contributed by atoms with van der Waals surface area (Å²) in [6.45, 7) is 3.63. The number of amides is 2. The summed E-state index contributed by atoms with van der Waals surface area (Å²) in [7, 11) is 0. The summed E-state index contributed by atoms with van der Waals surface area (Å²) in [6.07, 6.45) is 5.34. The van der Waals surface area contributed by atoms with Gasteiger partial charge in [-0.15, -0.1) is 0 Å². The van der Waals surface area contributed by atoms with Gasteiger partial charge < -0.3 is 15.1 Å². The van der Waals surface area contributed by atoms with Crippen LogP contribution in [0.3, 0.4) is 0 Å². The van der Waals surface area contributed by atoms with Crippen molar-refractivity contribution in [3.8, 4) is 11.3 Å². The first-order valence-electron chi connectivity index (χ1n) is 14.7. The second-order valence-corrected chi connectivity index (χ2v) is 11.3. The minimum atomic E-state index is -0.353. The van der Waals surface area contributed by atoms with E-state index in [1.807, 2.05) is 18.2 Å². The van der Waals surface area contributed by atoms with Gasteiger partial charge in [0.15, 0.2) is 0 Å². The number of carbonyl (C=O) groups excluding carboxylic acids is 2. The topological polar surface area (TPSA) is 65.5 Å². The normalized spacial score (nSPS) is 15.5. The lowest BCUT2D eigenvalue weighted by Crippen LogP contribution is -2.40. The summed E-state index contributed by atoms with van der Waals surface area (Å²) in [5, 5.41) is 3.07. The average Bonchev–Trinajstić information content (AvgIpc) is 3.12.